The van der Waals surface area contributed by atoms with E-state index in [-0.39, 0.29) is 24.6 Å². The van der Waals surface area contributed by atoms with Gasteiger partial charge in [0.1, 0.15) is 18.5 Å². The van der Waals surface area contributed by atoms with Crippen molar-refractivity contribution < 1.29 is 23.8 Å². The van der Waals surface area contributed by atoms with Gasteiger partial charge in [-0.2, -0.15) is 0 Å². The summed E-state index contributed by atoms with van der Waals surface area (Å²) in [4.78, 5) is 28.2. The number of carbonyl (C=O) groups excluding carboxylic acids is 1. The summed E-state index contributed by atoms with van der Waals surface area (Å²) in [6, 6.07) is 26.0. The number of carboxylic acid groups (broad SMARTS) is 1. The number of hydrogen-bond donors (Lipinski definition) is 2. The number of alkyl carbamates (subject to hydrolysis) is 1. The lowest BCUT2D eigenvalue weighted by molar-refractivity contribution is -0.143. The fourth-order valence-corrected chi connectivity index (χ4v) is 7.79. The first kappa shape index (κ1) is 33.0. The van der Waals surface area contributed by atoms with Crippen molar-refractivity contribution in [3.8, 4) is 11.1 Å². The maximum Gasteiger partial charge on any atom is 0.408 e. The van der Waals surface area contributed by atoms with E-state index in [0.29, 0.717) is 27.6 Å². The lowest BCUT2D eigenvalue weighted by Gasteiger charge is -2.35. The van der Waals surface area contributed by atoms with Crippen molar-refractivity contribution in [1.82, 2.24) is 10.2 Å². The number of ether oxygens (including phenoxy) is 1. The Morgan fingerprint density at radius 3 is 2.04 bits per heavy atom. The molecular formula is C38H37Cl2FN2O4. The van der Waals surface area contributed by atoms with Crippen LogP contribution in [0.3, 0.4) is 0 Å². The lowest BCUT2D eigenvalue weighted by atomic mass is 9.74. The third kappa shape index (κ3) is 6.75. The van der Waals surface area contributed by atoms with Gasteiger partial charge >= 0.3 is 12.1 Å². The van der Waals surface area contributed by atoms with Gasteiger partial charge in [0.15, 0.2) is 0 Å². The minimum Gasteiger partial charge on any atom is -0.480 e. The fourth-order valence-electron chi connectivity index (χ4n) is 7.49. The highest BCUT2D eigenvalue weighted by Gasteiger charge is 2.54. The van der Waals surface area contributed by atoms with E-state index in [0.717, 1.165) is 22.3 Å². The van der Waals surface area contributed by atoms with E-state index >= 15 is 4.39 Å². The van der Waals surface area contributed by atoms with Gasteiger partial charge in [-0.15, -0.1) is 0 Å². The quantitative estimate of drug-likeness (QED) is 0.195. The monoisotopic (exact) mass is 674 g/mol. The number of fused-ring (bicyclic) bond motifs is 3. The van der Waals surface area contributed by atoms with Gasteiger partial charge in [0.2, 0.25) is 0 Å². The standard InChI is InChI=1S/C38H37Cl2FN2O4/c1-38(2,3)19-32-34(29-18-24(40)16-17-31(29)41)33(22-12-14-23(39)15-13-22)35(36(44)45)43(32)21-42-37(46)47-20-30-27-10-6-4-8-25(27)26-9-5-7-11-28(26)30/h4-18,30,32-35H,19-21H2,1-3H3,(H,42,46)(H,44,45). The zero-order valence-corrected chi connectivity index (χ0v) is 27.9. The van der Waals surface area contributed by atoms with Crippen LogP contribution in [0, 0.1) is 11.2 Å². The molecule has 0 spiro atoms. The Morgan fingerprint density at radius 1 is 0.851 bits per heavy atom. The van der Waals surface area contributed by atoms with Crippen LogP contribution in [0.5, 0.6) is 0 Å². The summed E-state index contributed by atoms with van der Waals surface area (Å²) in [6.07, 6.45) is -0.143. The molecule has 1 aliphatic heterocycles. The maximum atomic E-state index is 15.7. The molecule has 1 heterocycles. The predicted octanol–water partition coefficient (Wildman–Crippen LogP) is 9.07. The molecule has 4 aromatic rings. The average Bonchev–Trinajstić information content (AvgIpc) is 3.52. The SMILES string of the molecule is CC(C)(C)CC1C(c2cc(Cl)ccc2F)C(c2ccc(Cl)cc2)C(C(=O)O)N1CNC(=O)OCC1c2ccccc2-c2ccccc21. The van der Waals surface area contributed by atoms with E-state index in [1.165, 1.54) is 12.1 Å². The lowest BCUT2D eigenvalue weighted by Crippen LogP contribution is -2.49. The van der Waals surface area contributed by atoms with Crippen molar-refractivity contribution in [2.45, 2.75) is 57.0 Å². The smallest absolute Gasteiger partial charge is 0.408 e. The number of hydrogen-bond acceptors (Lipinski definition) is 4. The summed E-state index contributed by atoms with van der Waals surface area (Å²) < 4.78 is 21.5. The molecule has 1 amide bonds. The Morgan fingerprint density at radius 2 is 1.45 bits per heavy atom. The number of amides is 1. The predicted molar refractivity (Wildman–Crippen MR) is 183 cm³/mol. The van der Waals surface area contributed by atoms with Crippen LogP contribution in [-0.4, -0.2) is 47.4 Å². The third-order valence-corrected chi connectivity index (χ3v) is 9.81. The maximum absolute atomic E-state index is 15.7. The number of likely N-dealkylation sites (tertiary alicyclic amines) is 1. The Kier molecular flexibility index (Phi) is 9.34. The molecule has 0 saturated carbocycles. The highest BCUT2D eigenvalue weighted by molar-refractivity contribution is 6.30. The van der Waals surface area contributed by atoms with Crippen LogP contribution in [0.4, 0.5) is 9.18 Å². The van der Waals surface area contributed by atoms with Gasteiger partial charge in [-0.1, -0.05) is 105 Å². The van der Waals surface area contributed by atoms with E-state index in [9.17, 15) is 14.7 Å². The second-order valence-electron chi connectivity index (χ2n) is 13.6. The first-order chi connectivity index (χ1) is 22.4. The van der Waals surface area contributed by atoms with Crippen molar-refractivity contribution >= 4 is 35.3 Å². The molecule has 6 nitrogen and oxygen atoms in total. The molecule has 2 N–H and O–H groups in total. The van der Waals surface area contributed by atoms with E-state index in [4.69, 9.17) is 27.9 Å². The molecule has 2 aliphatic rings. The highest BCUT2D eigenvalue weighted by Crippen LogP contribution is 2.52. The highest BCUT2D eigenvalue weighted by atomic mass is 35.5. The number of rotatable bonds is 8. The number of benzene rings is 4. The zero-order chi connectivity index (χ0) is 33.5. The molecular weight excluding hydrogens is 638 g/mol. The Labute approximate surface area is 284 Å². The Bertz CT molecular complexity index is 1750. The van der Waals surface area contributed by atoms with Crippen LogP contribution in [0.25, 0.3) is 11.1 Å². The van der Waals surface area contributed by atoms with Gasteiger partial charge < -0.3 is 15.2 Å². The van der Waals surface area contributed by atoms with Crippen molar-refractivity contribution in [1.29, 1.82) is 0 Å². The molecule has 4 unspecified atom stereocenters. The molecule has 1 aliphatic carbocycles. The van der Waals surface area contributed by atoms with Crippen molar-refractivity contribution in [3.05, 3.63) is 129 Å². The largest absolute Gasteiger partial charge is 0.480 e. The summed E-state index contributed by atoms with van der Waals surface area (Å²) in [5.74, 6) is -2.94. The molecule has 0 radical (unpaired) electrons. The minimum atomic E-state index is -1.10. The third-order valence-electron chi connectivity index (χ3n) is 9.32. The second-order valence-corrected chi connectivity index (χ2v) is 14.4. The van der Waals surface area contributed by atoms with Crippen LogP contribution in [0.2, 0.25) is 10.0 Å². The first-order valence-electron chi connectivity index (χ1n) is 15.7. The number of carboxylic acids is 1. The number of nitrogens with one attached hydrogen (secondary N) is 1. The summed E-state index contributed by atoms with van der Waals surface area (Å²) in [5.41, 5.74) is 5.20. The van der Waals surface area contributed by atoms with Crippen LogP contribution in [0.1, 0.15) is 67.2 Å². The normalized spacial score (nSPS) is 20.9. The van der Waals surface area contributed by atoms with E-state index < -0.39 is 41.8 Å². The van der Waals surface area contributed by atoms with Crippen LogP contribution >= 0.6 is 23.2 Å². The molecule has 4 atom stereocenters. The van der Waals surface area contributed by atoms with Gasteiger partial charge in [0.25, 0.3) is 0 Å². The zero-order valence-electron chi connectivity index (χ0n) is 26.4. The van der Waals surface area contributed by atoms with Gasteiger partial charge in [-0.05, 0) is 75.5 Å². The average molecular weight is 676 g/mol. The van der Waals surface area contributed by atoms with E-state index in [2.05, 4.69) is 38.2 Å². The summed E-state index contributed by atoms with van der Waals surface area (Å²) in [5, 5.41) is 14.4. The molecule has 0 bridgehead atoms. The van der Waals surface area contributed by atoms with Gasteiger partial charge in [0.05, 0.1) is 6.67 Å². The van der Waals surface area contributed by atoms with E-state index in [1.807, 2.05) is 36.4 Å². The van der Waals surface area contributed by atoms with Crippen LogP contribution in [-0.2, 0) is 9.53 Å². The molecule has 244 valence electrons. The van der Waals surface area contributed by atoms with Gasteiger partial charge in [-0.3, -0.25) is 9.69 Å². The molecule has 0 aromatic heterocycles. The summed E-state index contributed by atoms with van der Waals surface area (Å²) in [6.45, 7) is 6.18. The van der Waals surface area contributed by atoms with Crippen molar-refractivity contribution in [2.24, 2.45) is 5.41 Å². The van der Waals surface area contributed by atoms with Crippen molar-refractivity contribution in [3.63, 3.8) is 0 Å². The summed E-state index contributed by atoms with van der Waals surface area (Å²) >= 11 is 12.6. The molecule has 1 fully saturated rings. The molecule has 1 saturated heterocycles. The topological polar surface area (TPSA) is 78.9 Å². The molecule has 47 heavy (non-hydrogen) atoms. The molecule has 4 aromatic carbocycles. The van der Waals surface area contributed by atoms with Crippen LogP contribution < -0.4 is 5.32 Å². The number of nitrogens with zero attached hydrogens (tertiary/aromatic N) is 1. The van der Waals surface area contributed by atoms with Gasteiger partial charge in [0, 0.05) is 33.8 Å². The Balaban J connectivity index is 1.30. The Hall–Kier alpha value is -3.91. The summed E-state index contributed by atoms with van der Waals surface area (Å²) in [7, 11) is 0. The first-order valence-corrected chi connectivity index (χ1v) is 16.5. The van der Waals surface area contributed by atoms with E-state index in [1.54, 1.807) is 35.2 Å². The molecule has 9 heteroatoms. The van der Waals surface area contributed by atoms with Crippen molar-refractivity contribution in [2.75, 3.05) is 13.3 Å². The van der Waals surface area contributed by atoms with Gasteiger partial charge in [-0.25, -0.2) is 9.18 Å². The minimum absolute atomic E-state index is 0.114. The number of aliphatic carboxylic acids is 1. The second kappa shape index (κ2) is 13.3. The van der Waals surface area contributed by atoms with Crippen LogP contribution in [0.15, 0.2) is 91.0 Å². The number of carbonyl (C=O) groups is 2. The fraction of sp³-hybridized carbons (Fsp3) is 0.316. The number of halogens is 3. The molecule has 6 rings (SSSR count).